The van der Waals surface area contributed by atoms with Gasteiger partial charge in [0.05, 0.1) is 19.1 Å². The van der Waals surface area contributed by atoms with Gasteiger partial charge in [-0.2, -0.15) is 0 Å². The van der Waals surface area contributed by atoms with Crippen molar-refractivity contribution in [3.63, 3.8) is 0 Å². The number of nitrogens with one attached hydrogen (secondary N) is 3. The Labute approximate surface area is 409 Å². The number of carbonyl (C=O) groups is 7. The van der Waals surface area contributed by atoms with Crippen LogP contribution in [0.4, 0.5) is 0 Å². The molecule has 2 heterocycles. The van der Waals surface area contributed by atoms with E-state index in [2.05, 4.69) is 16.0 Å². The van der Waals surface area contributed by atoms with Gasteiger partial charge in [-0.15, -0.1) is 0 Å². The summed E-state index contributed by atoms with van der Waals surface area (Å²) in [7, 11) is 1.44. The SMILES string of the molecule is CNC(CO)[C@H]1OC(O)[C@H](O[C@H]2O[C@H](COC(=O)CCC(=O)N(O)CCCCCNC(=O)CCC(=O)N(O)CCCCCNC(=O)CCC(=O)N(O)CCCCCO)[C@@H](O)[C@H](O)C2=O)[C@@H](O)[C@@H]1O.[Fe+3]. The van der Waals surface area contributed by atoms with Gasteiger partial charge < -0.3 is 70.6 Å². The fourth-order valence-corrected chi connectivity index (χ4v) is 6.88. The number of amides is 5. The van der Waals surface area contributed by atoms with Gasteiger partial charge in [0.1, 0.15) is 49.3 Å². The Kier molecular flexibility index (Phi) is 31.9. The molecule has 2 aliphatic rings. The molecule has 27 nitrogen and oxygen atoms in total. The summed E-state index contributed by atoms with van der Waals surface area (Å²) < 4.78 is 21.0. The van der Waals surface area contributed by atoms with Crippen LogP contribution in [0.1, 0.15) is 96.3 Å². The van der Waals surface area contributed by atoms with Crippen LogP contribution >= 0.6 is 0 Å². The number of rotatable bonds is 33. The van der Waals surface area contributed by atoms with E-state index in [0.29, 0.717) is 79.5 Å². The van der Waals surface area contributed by atoms with E-state index in [4.69, 9.17) is 24.1 Å². The third kappa shape index (κ3) is 23.0. The smallest absolute Gasteiger partial charge is 0.463 e. The Hall–Kier alpha value is -3.55. The van der Waals surface area contributed by atoms with Crippen LogP contribution in [0, 0.1) is 0 Å². The van der Waals surface area contributed by atoms with Gasteiger partial charge >= 0.3 is 23.0 Å². The molecular weight excluding hydrogens is 968 g/mol. The molecule has 0 spiro atoms. The van der Waals surface area contributed by atoms with Crippen LogP contribution in [0.5, 0.6) is 0 Å². The fourth-order valence-electron chi connectivity index (χ4n) is 6.88. The minimum atomic E-state index is -2.11. The predicted molar refractivity (Wildman–Crippen MR) is 227 cm³/mol. The van der Waals surface area contributed by atoms with Gasteiger partial charge in [-0.3, -0.25) is 49.2 Å². The number of Topliss-reactive ketones (excluding diaryl/α,β-unsaturated/α-hetero) is 1. The normalized spacial score (nSPS) is 23.8. The van der Waals surface area contributed by atoms with E-state index in [1.165, 1.54) is 7.05 Å². The average molecular weight is 1040 g/mol. The van der Waals surface area contributed by atoms with E-state index in [-0.39, 0.29) is 81.4 Å². The van der Waals surface area contributed by atoms with Crippen molar-refractivity contribution in [2.24, 2.45) is 0 Å². The maximum atomic E-state index is 12.6. The van der Waals surface area contributed by atoms with Crippen molar-refractivity contribution in [1.82, 2.24) is 31.1 Å². The molecule has 0 aliphatic carbocycles. The van der Waals surface area contributed by atoms with Crippen molar-refractivity contribution < 1.29 is 121 Å². The van der Waals surface area contributed by atoms with Crippen LogP contribution < -0.4 is 16.0 Å². The zero-order valence-electron chi connectivity index (χ0n) is 38.7. The molecule has 69 heavy (non-hydrogen) atoms. The quantitative estimate of drug-likeness (QED) is 0.00972. The molecule has 2 fully saturated rings. The number of ether oxygens (including phenoxy) is 4. The molecule has 2 saturated heterocycles. The van der Waals surface area contributed by atoms with E-state index in [1.54, 1.807) is 0 Å². The topological polar surface area (TPSA) is 405 Å². The van der Waals surface area contributed by atoms with Crippen LogP contribution in [0.25, 0.3) is 0 Å². The summed E-state index contributed by atoms with van der Waals surface area (Å²) in [6.45, 7) is -0.635. The number of hydrogen-bond acceptors (Lipinski definition) is 22. The van der Waals surface area contributed by atoms with Gasteiger partial charge in [0.15, 0.2) is 6.29 Å². The number of hydroxylamine groups is 6. The molecule has 2 unspecified atom stereocenters. The summed E-state index contributed by atoms with van der Waals surface area (Å²) in [5.41, 5.74) is 0. The van der Waals surface area contributed by atoms with Gasteiger partial charge in [0.2, 0.25) is 41.6 Å². The van der Waals surface area contributed by atoms with Crippen LogP contribution in [0.15, 0.2) is 0 Å². The van der Waals surface area contributed by atoms with Gasteiger partial charge in [0.25, 0.3) is 0 Å². The first kappa shape index (κ1) is 63.5. The van der Waals surface area contributed by atoms with Crippen LogP contribution in [0.2, 0.25) is 0 Å². The molecule has 2 aliphatic heterocycles. The first-order valence-corrected chi connectivity index (χ1v) is 22.8. The third-order valence-corrected chi connectivity index (χ3v) is 11.1. The van der Waals surface area contributed by atoms with Crippen LogP contribution in [-0.4, -0.2) is 229 Å². The molecule has 0 aromatic carbocycles. The summed E-state index contributed by atoms with van der Waals surface area (Å²) >= 11 is 0. The number of esters is 1. The third-order valence-electron chi connectivity index (χ3n) is 11.1. The fraction of sp³-hybridized carbons (Fsp3) is 0.829. The molecule has 13 N–H and O–H groups in total. The summed E-state index contributed by atoms with van der Waals surface area (Å²) in [5.74, 6) is -5.00. The van der Waals surface area contributed by atoms with E-state index in [0.717, 1.165) is 0 Å². The number of hydrogen-bond donors (Lipinski definition) is 13. The molecule has 10 atom stereocenters. The van der Waals surface area contributed by atoms with Gasteiger partial charge in [-0.25, -0.2) is 15.2 Å². The molecular formula is C41H72FeN6O21+3. The molecule has 2 rings (SSSR count). The van der Waals surface area contributed by atoms with Crippen LogP contribution in [-0.2, 0) is 69.6 Å². The second kappa shape index (κ2) is 34.7. The number of carbonyl (C=O) groups excluding carboxylic acids is 7. The molecule has 1 radical (unpaired) electrons. The zero-order valence-corrected chi connectivity index (χ0v) is 39.8. The number of nitrogens with zero attached hydrogens (tertiary/aromatic N) is 3. The Morgan fingerprint density at radius 3 is 1.58 bits per heavy atom. The minimum absolute atomic E-state index is 0. The first-order chi connectivity index (χ1) is 32.4. The van der Waals surface area contributed by atoms with Crippen LogP contribution in [0.3, 0.4) is 0 Å². The Morgan fingerprint density at radius 2 is 1.12 bits per heavy atom. The number of ketones is 1. The van der Waals surface area contributed by atoms with Crippen molar-refractivity contribution in [2.45, 2.75) is 158 Å². The molecule has 397 valence electrons. The van der Waals surface area contributed by atoms with Crippen molar-refractivity contribution in [1.29, 1.82) is 0 Å². The number of unbranched alkanes of at least 4 members (excludes halogenated alkanes) is 6. The average Bonchev–Trinajstić information content (AvgIpc) is 3.32. The van der Waals surface area contributed by atoms with Gasteiger partial charge in [-0.1, -0.05) is 0 Å². The molecule has 0 saturated carbocycles. The minimum Gasteiger partial charge on any atom is -0.463 e. The predicted octanol–water partition coefficient (Wildman–Crippen LogP) is -4.32. The molecule has 5 amide bonds. The second-order valence-electron chi connectivity index (χ2n) is 16.3. The largest absolute Gasteiger partial charge is 3.00 e. The number of aliphatic hydroxyl groups is 7. The Bertz CT molecular complexity index is 1570. The molecule has 0 aromatic rings. The molecule has 28 heteroatoms. The second-order valence-corrected chi connectivity index (χ2v) is 16.3. The van der Waals surface area contributed by atoms with E-state index >= 15 is 0 Å². The summed E-state index contributed by atoms with van der Waals surface area (Å²) in [6, 6.07) is -0.901. The van der Waals surface area contributed by atoms with E-state index in [1.807, 2.05) is 0 Å². The first-order valence-electron chi connectivity index (χ1n) is 22.8. The maximum absolute atomic E-state index is 12.6. The number of aliphatic hydroxyl groups excluding tert-OH is 7. The van der Waals surface area contributed by atoms with Gasteiger partial charge in [0, 0.05) is 71.4 Å². The Balaban J connectivity index is 0.0000238. The van der Waals surface area contributed by atoms with Gasteiger partial charge in [-0.05, 0) is 64.8 Å². The summed E-state index contributed by atoms with van der Waals surface area (Å²) in [6.07, 6.45) is -13.3. The van der Waals surface area contributed by atoms with Crippen molar-refractivity contribution in [2.75, 3.05) is 59.6 Å². The summed E-state index contributed by atoms with van der Waals surface area (Å²) in [4.78, 5) is 85.7. The monoisotopic (exact) mass is 1040 g/mol. The maximum Gasteiger partial charge on any atom is 3.00 e. The number of likely N-dealkylation sites (N-methyl/N-ethyl adjacent to an activating group) is 1. The summed E-state index contributed by atoms with van der Waals surface area (Å²) in [5, 5.41) is 110. The standard InChI is InChI=1S/C41H72N6O21.Fe/c1-42-25(23-49)38-35(58)36(59)39(40(61)67-38)68-41-37(60)34(57)33(56)26(66-41)24-65-32(55)16-15-31(54)47(64)20-8-3-6-18-44-27(50)11-13-29(52)45(62)19-7-2-5-17-43-28(51)12-14-30(53)46(63)21-9-4-10-22-48;/h25-26,33-36,38-42,48-49,56-59,61-64H,2-24H2,1H3,(H,43,51)(H,44,50);/q;+3/t25?,26-,33-,34+,35+,36+,38-,39-,40?,41-;/m1./s1. The van der Waals surface area contributed by atoms with E-state index < -0.39 is 123 Å². The van der Waals surface area contributed by atoms with Crippen molar-refractivity contribution in [3.05, 3.63) is 0 Å². The van der Waals surface area contributed by atoms with E-state index in [9.17, 15) is 79.8 Å². The molecule has 0 bridgehead atoms. The zero-order chi connectivity index (χ0) is 50.8. The Morgan fingerprint density at radius 1 is 0.638 bits per heavy atom. The van der Waals surface area contributed by atoms with Crippen molar-refractivity contribution in [3.8, 4) is 0 Å². The van der Waals surface area contributed by atoms with Crippen molar-refractivity contribution >= 4 is 41.3 Å². The molecule has 0 aromatic heterocycles.